The van der Waals surface area contributed by atoms with Crippen molar-refractivity contribution in [2.24, 2.45) is 0 Å². The van der Waals surface area contributed by atoms with Crippen molar-refractivity contribution in [3.8, 4) is 0 Å². The quantitative estimate of drug-likeness (QED) is 0.139. The van der Waals surface area contributed by atoms with E-state index in [0.717, 1.165) is 179 Å². The molecule has 0 spiro atoms. The van der Waals surface area contributed by atoms with Crippen molar-refractivity contribution in [2.75, 3.05) is 53.3 Å². The van der Waals surface area contributed by atoms with Crippen molar-refractivity contribution in [1.29, 1.82) is 0 Å². The number of pyridine rings is 2. The molecule has 0 radical (unpaired) electrons. The zero-order valence-corrected chi connectivity index (χ0v) is 72.5. The molecule has 0 saturated heterocycles. The highest BCUT2D eigenvalue weighted by Gasteiger charge is 2.43. The molecular formula is C100H100N18O5. The molecule has 23 nitrogen and oxygen atoms in total. The van der Waals surface area contributed by atoms with E-state index in [-0.39, 0.29) is 30.8 Å². The van der Waals surface area contributed by atoms with Gasteiger partial charge in [0.15, 0.2) is 62.8 Å². The Bertz CT molecular complexity index is 7110. The average Bonchev–Trinajstić information content (AvgIpc) is 1.61. The van der Waals surface area contributed by atoms with E-state index in [1.54, 1.807) is 49.6 Å². The Balaban J connectivity index is 0.000000103. The van der Waals surface area contributed by atoms with Crippen LogP contribution in [0, 0.1) is 34.6 Å². The van der Waals surface area contributed by atoms with Gasteiger partial charge in [-0.2, -0.15) is 0 Å². The minimum absolute atomic E-state index is 0.106. The maximum absolute atomic E-state index is 8.66. The number of hydrogen-bond donors (Lipinski definition) is 0. The monoisotopic (exact) mass is 1630 g/mol. The van der Waals surface area contributed by atoms with Crippen molar-refractivity contribution in [1.82, 2.24) is 49.7 Å². The summed E-state index contributed by atoms with van der Waals surface area (Å²) in [5.74, 6) is 4.72. The van der Waals surface area contributed by atoms with E-state index in [0.29, 0.717) is 17.5 Å². The lowest BCUT2D eigenvalue weighted by atomic mass is 10.1. The molecule has 5 aliphatic rings. The van der Waals surface area contributed by atoms with E-state index < -0.39 is 12.0 Å². The lowest BCUT2D eigenvalue weighted by Crippen LogP contribution is -2.42. The normalized spacial score (nSPS) is 17.7. The third-order valence-corrected chi connectivity index (χ3v) is 24.7. The zero-order chi connectivity index (χ0) is 87.1. The molecule has 15 heterocycles. The molecule has 0 aliphatic carbocycles. The Morgan fingerprint density at radius 1 is 0.293 bits per heavy atom. The fourth-order valence-corrected chi connectivity index (χ4v) is 18.6. The highest BCUT2D eigenvalue weighted by Crippen LogP contribution is 2.52. The highest BCUT2D eigenvalue weighted by atomic mass is 16.4. The summed E-state index contributed by atoms with van der Waals surface area (Å²) in [5, 5.41) is 11.0. The van der Waals surface area contributed by atoms with Crippen LogP contribution in [-0.4, -0.2) is 113 Å². The summed E-state index contributed by atoms with van der Waals surface area (Å²) in [6.45, 7) is 33.2. The molecule has 10 aromatic heterocycles. The molecule has 0 fully saturated rings. The van der Waals surface area contributed by atoms with E-state index in [1.807, 2.05) is 111 Å². The Kier molecular flexibility index (Phi) is 19.3. The predicted octanol–water partition coefficient (Wildman–Crippen LogP) is 23.9. The third kappa shape index (κ3) is 13.0. The maximum Gasteiger partial charge on any atom is 0.227 e. The minimum atomic E-state index is -0.839. The molecular weight excluding hydrogens is 1530 g/mol. The summed E-state index contributed by atoms with van der Waals surface area (Å²) in [5.41, 5.74) is 19.5. The van der Waals surface area contributed by atoms with Gasteiger partial charge in [-0.05, 0) is 181 Å². The molecule has 5 atom stereocenters. The van der Waals surface area contributed by atoms with E-state index in [9.17, 15) is 0 Å². The summed E-state index contributed by atoms with van der Waals surface area (Å²) < 4.78 is 48.4. The van der Waals surface area contributed by atoms with Gasteiger partial charge in [0.25, 0.3) is 0 Å². The third-order valence-electron chi connectivity index (χ3n) is 24.7. The van der Waals surface area contributed by atoms with Crippen molar-refractivity contribution < 1.29 is 24.8 Å². The standard InChI is InChI=1S/2C22H22N4O.C20H18N4O.C19H21N3O.C17H17N3O/c2*1-13(2)25-15(4)26(22-21(25)23-11-12-24-22)19-14(3)9-10-17-16-7-5-6-8-18(16)27-20(17)19;1-12-8-9-15-14-6-4-5-7-16(14)25-18(15)17(12)24-13(2)23(3)19-20(24)22-11-10-21-19;1-12(2)21-10-11-22(14(21)4)17-13(3)7-8-15-16-6-5-9-20-19(16)23-18(15)17;1-11-6-7-13-14-5-4-8-18-17(14)21-16(13)15(11)20-10-9-19(3)12(20)2/h2*5-13,15H,1-4H3;4-11,13H,1-3H3;5-12,14H,1-4H3;4-10,12H,1-3H3/i2*13D;;;. The number of fused-ring (bicyclic) bond motifs is 18. The number of aryl methyl sites for hydroxylation is 5. The largest absolute Gasteiger partial charge is 0.454 e. The zero-order valence-electron chi connectivity index (χ0n) is 74.5. The van der Waals surface area contributed by atoms with Gasteiger partial charge in [-0.25, -0.2) is 39.9 Å². The number of furan rings is 5. The lowest BCUT2D eigenvalue weighted by Gasteiger charge is -2.33. The van der Waals surface area contributed by atoms with Gasteiger partial charge >= 0.3 is 0 Å². The molecule has 5 aliphatic heterocycles. The van der Waals surface area contributed by atoms with Gasteiger partial charge in [0.1, 0.15) is 47.6 Å². The van der Waals surface area contributed by atoms with Crippen LogP contribution in [0.3, 0.4) is 0 Å². The Morgan fingerprint density at radius 2 is 0.610 bits per heavy atom. The number of aromatic nitrogens is 8. The number of nitrogens with zero attached hydrogens (tertiary/aromatic N) is 18. The van der Waals surface area contributed by atoms with Crippen LogP contribution in [-0.2, 0) is 0 Å². The van der Waals surface area contributed by atoms with E-state index in [1.165, 1.54) is 11.1 Å². The van der Waals surface area contributed by atoms with Crippen molar-refractivity contribution >= 4 is 173 Å². The highest BCUT2D eigenvalue weighted by molar-refractivity contribution is 6.14. The summed E-state index contributed by atoms with van der Waals surface area (Å²) >= 11 is 0. The molecule has 23 rings (SSSR count). The molecule has 123 heavy (non-hydrogen) atoms. The number of para-hydroxylation sites is 3. The molecule has 0 N–H and O–H groups in total. The first-order chi connectivity index (χ1) is 60.2. The second-order valence-electron chi connectivity index (χ2n) is 33.0. The second-order valence-corrected chi connectivity index (χ2v) is 33.0. The van der Waals surface area contributed by atoms with Crippen LogP contribution >= 0.6 is 0 Å². The molecule has 0 bridgehead atoms. The Hall–Kier alpha value is -14.2. The first-order valence-corrected chi connectivity index (χ1v) is 42.0. The average molecular weight is 1640 g/mol. The minimum Gasteiger partial charge on any atom is -0.454 e. The van der Waals surface area contributed by atoms with Crippen LogP contribution in [0.15, 0.2) is 254 Å². The van der Waals surface area contributed by atoms with Crippen LogP contribution < -0.4 is 39.2 Å². The first-order valence-electron chi connectivity index (χ1n) is 43.0. The molecule has 18 aromatic rings. The van der Waals surface area contributed by atoms with Gasteiger partial charge in [0.2, 0.25) is 11.4 Å². The van der Waals surface area contributed by atoms with E-state index in [4.69, 9.17) is 24.8 Å². The molecule has 0 saturated carbocycles. The van der Waals surface area contributed by atoms with Gasteiger partial charge in [-0.15, -0.1) is 0 Å². The molecule has 23 heteroatoms. The van der Waals surface area contributed by atoms with Gasteiger partial charge in [0, 0.05) is 160 Å². The Labute approximate surface area is 716 Å². The van der Waals surface area contributed by atoms with Crippen LogP contribution in [0.2, 0.25) is 0 Å². The van der Waals surface area contributed by atoms with E-state index in [2.05, 4.69) is 285 Å². The summed E-state index contributed by atoms with van der Waals surface area (Å²) in [6, 6.07) is 52.5. The topological polar surface area (TPSA) is 201 Å². The molecule has 0 amide bonds. The molecule has 8 aromatic carbocycles. The van der Waals surface area contributed by atoms with E-state index >= 15 is 0 Å². The fourth-order valence-electron chi connectivity index (χ4n) is 18.6. The van der Waals surface area contributed by atoms with Crippen LogP contribution in [0.1, 0.15) is 107 Å². The van der Waals surface area contributed by atoms with Crippen LogP contribution in [0.25, 0.3) is 110 Å². The Morgan fingerprint density at radius 3 is 0.976 bits per heavy atom. The van der Waals surface area contributed by atoms with Crippen molar-refractivity contribution in [2.45, 2.75) is 160 Å². The SMILES string of the molecule is Cc1ccc2c(oc3ccccc32)c1N1c2nccnc2N(C)C1C.Cc1ccc2c(oc3ncccc32)c1N1C=CN(C(C)C)C1C.Cc1ccc2c(oc3ncccc32)c1N1C=CN(C)C1C.[2H]C(C)(C)N1c2nccnc2N(c2c(C)ccc3c2oc2ccccc23)C1C.[2H]C(C)(C)N1c2nccnc2N(c2c(C)ccc3c2oc2ccccc23)C1C. The lowest BCUT2D eigenvalue weighted by molar-refractivity contribution is 0.263. The number of hydrogen-bond acceptors (Lipinski definition) is 23. The molecule has 5 unspecified atom stereocenters. The van der Waals surface area contributed by atoms with Gasteiger partial charge < -0.3 is 56.4 Å². The smallest absolute Gasteiger partial charge is 0.227 e. The van der Waals surface area contributed by atoms with Gasteiger partial charge in [-0.1, -0.05) is 115 Å². The van der Waals surface area contributed by atoms with Crippen molar-refractivity contribution in [3.63, 3.8) is 0 Å². The van der Waals surface area contributed by atoms with Crippen molar-refractivity contribution in [3.05, 3.63) is 260 Å². The van der Waals surface area contributed by atoms with Crippen LogP contribution in [0.5, 0.6) is 0 Å². The summed E-state index contributed by atoms with van der Waals surface area (Å²) in [6.07, 6.45) is 22.7. The molecule has 620 valence electrons. The fraction of sp³-hybridized carbons (Fsp3) is 0.260. The second kappa shape index (κ2) is 31.1. The maximum atomic E-state index is 8.66. The number of benzene rings is 8. The van der Waals surface area contributed by atoms with Gasteiger partial charge in [-0.3, -0.25) is 14.7 Å². The van der Waals surface area contributed by atoms with Gasteiger partial charge in [0.05, 0.1) is 31.2 Å². The summed E-state index contributed by atoms with van der Waals surface area (Å²) in [4.78, 5) is 57.9. The van der Waals surface area contributed by atoms with Crippen LogP contribution in [0.4, 0.5) is 63.3 Å². The number of anilines is 11. The predicted molar refractivity (Wildman–Crippen MR) is 499 cm³/mol. The summed E-state index contributed by atoms with van der Waals surface area (Å²) in [7, 11) is 4.13. The number of rotatable bonds is 8. The first kappa shape index (κ1) is 76.2.